The third-order valence-corrected chi connectivity index (χ3v) is 4.35. The Morgan fingerprint density at radius 2 is 2.25 bits per heavy atom. The number of aryl methyl sites for hydroxylation is 1. The first-order valence-corrected chi connectivity index (χ1v) is 7.91. The molecule has 1 atom stereocenters. The lowest BCUT2D eigenvalue weighted by atomic mass is 10.1. The van der Waals surface area contributed by atoms with E-state index in [2.05, 4.69) is 0 Å². The second kappa shape index (κ2) is 7.05. The van der Waals surface area contributed by atoms with Crippen molar-refractivity contribution in [2.45, 2.75) is 12.5 Å². The fraction of sp³-hybridized carbons (Fsp3) is 0.389. The van der Waals surface area contributed by atoms with E-state index in [0.29, 0.717) is 25.3 Å². The number of carbonyl (C=O) groups excluding carboxylic acids is 1. The first-order valence-electron chi connectivity index (χ1n) is 7.91. The quantitative estimate of drug-likeness (QED) is 0.863. The molecule has 2 aromatic rings. The van der Waals surface area contributed by atoms with E-state index in [1.165, 1.54) is 13.2 Å². The molecule has 0 bridgehead atoms. The lowest BCUT2D eigenvalue weighted by molar-refractivity contribution is -0.139. The normalized spacial score (nSPS) is 17.8. The van der Waals surface area contributed by atoms with E-state index in [-0.39, 0.29) is 24.1 Å². The van der Waals surface area contributed by atoms with E-state index in [9.17, 15) is 9.18 Å². The number of halogens is 1. The van der Waals surface area contributed by atoms with Crippen LogP contribution in [0.25, 0.3) is 0 Å². The van der Waals surface area contributed by atoms with Crippen LogP contribution in [0.2, 0.25) is 0 Å². The van der Waals surface area contributed by atoms with Gasteiger partial charge in [0.25, 0.3) is 0 Å². The Morgan fingerprint density at radius 3 is 2.92 bits per heavy atom. The average molecular weight is 332 g/mol. The monoisotopic (exact) mass is 332 g/mol. The van der Waals surface area contributed by atoms with Gasteiger partial charge in [0.15, 0.2) is 11.6 Å². The van der Waals surface area contributed by atoms with Gasteiger partial charge in [0.1, 0.15) is 0 Å². The molecule has 0 N–H and O–H groups in total. The van der Waals surface area contributed by atoms with Gasteiger partial charge >= 0.3 is 0 Å². The zero-order chi connectivity index (χ0) is 17.1. The molecule has 3 rings (SSSR count). The van der Waals surface area contributed by atoms with Crippen molar-refractivity contribution in [1.29, 1.82) is 0 Å². The molecule has 1 aliphatic heterocycles. The highest BCUT2D eigenvalue weighted by Gasteiger charge is 2.30. The molecule has 6 heteroatoms. The molecule has 5 nitrogen and oxygen atoms in total. The Morgan fingerprint density at radius 1 is 1.42 bits per heavy atom. The second-order valence-electron chi connectivity index (χ2n) is 5.87. The van der Waals surface area contributed by atoms with Gasteiger partial charge in [-0.15, -0.1) is 0 Å². The lowest BCUT2D eigenvalue weighted by Gasteiger charge is -2.36. The summed E-state index contributed by atoms with van der Waals surface area (Å²) in [5.74, 6) is -0.308. The highest BCUT2D eigenvalue weighted by atomic mass is 19.1. The Kier molecular flexibility index (Phi) is 4.85. The zero-order valence-corrected chi connectivity index (χ0v) is 13.9. The summed E-state index contributed by atoms with van der Waals surface area (Å²) in [4.78, 5) is 14.6. The van der Waals surface area contributed by atoms with Crippen LogP contribution in [0.15, 0.2) is 36.5 Å². The van der Waals surface area contributed by atoms with Crippen LogP contribution in [0.4, 0.5) is 4.39 Å². The van der Waals surface area contributed by atoms with Crippen LogP contribution in [0.1, 0.15) is 17.3 Å². The average Bonchev–Trinajstić information content (AvgIpc) is 3.01. The minimum Gasteiger partial charge on any atom is -0.494 e. The maximum absolute atomic E-state index is 13.8. The number of rotatable bonds is 4. The third kappa shape index (κ3) is 3.28. The predicted octanol–water partition coefficient (Wildman–Crippen LogP) is 2.32. The summed E-state index contributed by atoms with van der Waals surface area (Å²) in [6.45, 7) is 1.53. The zero-order valence-electron chi connectivity index (χ0n) is 13.9. The van der Waals surface area contributed by atoms with Crippen molar-refractivity contribution in [3.63, 3.8) is 0 Å². The predicted molar refractivity (Wildman–Crippen MR) is 87.3 cm³/mol. The van der Waals surface area contributed by atoms with Gasteiger partial charge < -0.3 is 18.9 Å². The van der Waals surface area contributed by atoms with E-state index in [4.69, 9.17) is 9.47 Å². The SMILES string of the molecule is COc1ccc(CC(=O)N2CCOCC2c2cccn2C)cc1F. The Balaban J connectivity index is 1.77. The number of morpholine rings is 1. The minimum absolute atomic E-state index is 0.0333. The van der Waals surface area contributed by atoms with Crippen molar-refractivity contribution in [3.8, 4) is 5.75 Å². The standard InChI is InChI=1S/C18H21FN2O3/c1-20-7-3-4-15(20)16-12-24-9-8-21(16)18(22)11-13-5-6-17(23-2)14(19)10-13/h3-7,10,16H,8-9,11-12H2,1-2H3. The molecule has 1 fully saturated rings. The molecule has 1 aromatic carbocycles. The highest BCUT2D eigenvalue weighted by Crippen LogP contribution is 2.26. The highest BCUT2D eigenvalue weighted by molar-refractivity contribution is 5.79. The van der Waals surface area contributed by atoms with Crippen molar-refractivity contribution in [2.24, 2.45) is 7.05 Å². The fourth-order valence-corrected chi connectivity index (χ4v) is 3.06. The van der Waals surface area contributed by atoms with Crippen LogP contribution in [0.5, 0.6) is 5.75 Å². The molecular formula is C18H21FN2O3. The van der Waals surface area contributed by atoms with Crippen molar-refractivity contribution in [3.05, 3.63) is 53.6 Å². The molecule has 0 saturated carbocycles. The minimum atomic E-state index is -0.455. The summed E-state index contributed by atoms with van der Waals surface area (Å²) in [6.07, 6.45) is 2.10. The van der Waals surface area contributed by atoms with E-state index in [0.717, 1.165) is 5.69 Å². The van der Waals surface area contributed by atoms with Gasteiger partial charge in [-0.05, 0) is 29.8 Å². The molecule has 128 valence electrons. The van der Waals surface area contributed by atoms with Crippen LogP contribution >= 0.6 is 0 Å². The number of methoxy groups -OCH3 is 1. The maximum Gasteiger partial charge on any atom is 0.227 e. The Hall–Kier alpha value is -2.34. The molecule has 1 aliphatic rings. The summed E-state index contributed by atoms with van der Waals surface area (Å²) < 4.78 is 26.3. The fourth-order valence-electron chi connectivity index (χ4n) is 3.06. The van der Waals surface area contributed by atoms with Gasteiger partial charge in [-0.1, -0.05) is 6.07 Å². The van der Waals surface area contributed by atoms with Gasteiger partial charge in [-0.25, -0.2) is 4.39 Å². The van der Waals surface area contributed by atoms with Crippen LogP contribution in [0.3, 0.4) is 0 Å². The number of aromatic nitrogens is 1. The molecule has 1 unspecified atom stereocenters. The molecule has 1 amide bonds. The van der Waals surface area contributed by atoms with Crippen molar-refractivity contribution in [1.82, 2.24) is 9.47 Å². The molecule has 0 spiro atoms. The smallest absolute Gasteiger partial charge is 0.227 e. The van der Waals surface area contributed by atoms with Gasteiger partial charge in [0.2, 0.25) is 5.91 Å². The molecule has 1 aromatic heterocycles. The van der Waals surface area contributed by atoms with Crippen molar-refractivity contribution < 1.29 is 18.7 Å². The topological polar surface area (TPSA) is 43.7 Å². The summed E-state index contributed by atoms with van der Waals surface area (Å²) in [6, 6.07) is 8.45. The molecule has 0 radical (unpaired) electrons. The van der Waals surface area contributed by atoms with Gasteiger partial charge in [0.05, 0.1) is 32.8 Å². The van der Waals surface area contributed by atoms with Gasteiger partial charge in [-0.2, -0.15) is 0 Å². The Bertz CT molecular complexity index is 729. The van der Waals surface area contributed by atoms with Crippen molar-refractivity contribution >= 4 is 5.91 Å². The summed E-state index contributed by atoms with van der Waals surface area (Å²) >= 11 is 0. The second-order valence-corrected chi connectivity index (χ2v) is 5.87. The van der Waals surface area contributed by atoms with E-state index < -0.39 is 5.82 Å². The summed E-state index contributed by atoms with van der Waals surface area (Å²) in [7, 11) is 3.37. The molecule has 2 heterocycles. The van der Waals surface area contributed by atoms with Gasteiger partial charge in [-0.3, -0.25) is 4.79 Å². The molecular weight excluding hydrogens is 311 g/mol. The summed E-state index contributed by atoms with van der Waals surface area (Å²) in [5.41, 5.74) is 1.67. The van der Waals surface area contributed by atoms with Crippen LogP contribution in [-0.2, 0) is 23.0 Å². The van der Waals surface area contributed by atoms with E-state index in [1.54, 1.807) is 12.1 Å². The number of hydrogen-bond donors (Lipinski definition) is 0. The van der Waals surface area contributed by atoms with E-state index >= 15 is 0 Å². The van der Waals surface area contributed by atoms with E-state index in [1.807, 2.05) is 34.8 Å². The Labute approximate surface area is 140 Å². The van der Waals surface area contributed by atoms with Gasteiger partial charge in [0, 0.05) is 25.5 Å². The van der Waals surface area contributed by atoms with Crippen molar-refractivity contribution in [2.75, 3.05) is 26.9 Å². The number of benzene rings is 1. The third-order valence-electron chi connectivity index (χ3n) is 4.35. The number of hydrogen-bond acceptors (Lipinski definition) is 3. The number of nitrogens with zero attached hydrogens (tertiary/aromatic N) is 2. The first-order chi connectivity index (χ1) is 11.6. The number of ether oxygens (including phenoxy) is 2. The largest absolute Gasteiger partial charge is 0.494 e. The molecule has 24 heavy (non-hydrogen) atoms. The van der Waals surface area contributed by atoms with Crippen LogP contribution in [0, 0.1) is 5.82 Å². The molecule has 0 aliphatic carbocycles. The molecule has 1 saturated heterocycles. The first kappa shape index (κ1) is 16.5. The van der Waals surface area contributed by atoms with Crippen LogP contribution < -0.4 is 4.74 Å². The lowest BCUT2D eigenvalue weighted by Crippen LogP contribution is -2.44. The van der Waals surface area contributed by atoms with Crippen LogP contribution in [-0.4, -0.2) is 42.2 Å². The number of amides is 1. The number of carbonyl (C=O) groups is 1. The maximum atomic E-state index is 13.8. The summed E-state index contributed by atoms with van der Waals surface area (Å²) in [5, 5.41) is 0.